The maximum Gasteiger partial charge on any atom is 0.285 e. The normalized spacial score (nSPS) is 10.7. The smallest absolute Gasteiger partial charge is 0.285 e. The monoisotopic (exact) mass is 349 g/mol. The van der Waals surface area contributed by atoms with E-state index < -0.39 is 5.56 Å². The number of hydrogen-bond acceptors (Lipinski definition) is 6. The molecule has 0 saturated carbocycles. The Morgan fingerprint density at radius 1 is 1.12 bits per heavy atom. The Morgan fingerprint density at radius 2 is 1.85 bits per heavy atom. The molecular weight excluding hydrogens is 330 g/mol. The van der Waals surface area contributed by atoms with Crippen LogP contribution in [0.25, 0.3) is 0 Å². The van der Waals surface area contributed by atoms with E-state index in [4.69, 9.17) is 4.42 Å². The van der Waals surface area contributed by atoms with Crippen molar-refractivity contribution < 1.29 is 4.42 Å². The number of benzene rings is 1. The molecule has 1 aromatic carbocycles. The fourth-order valence-corrected chi connectivity index (χ4v) is 2.86. The van der Waals surface area contributed by atoms with Gasteiger partial charge in [0.15, 0.2) is 0 Å². The summed E-state index contributed by atoms with van der Waals surface area (Å²) < 4.78 is 6.88. The summed E-state index contributed by atoms with van der Waals surface area (Å²) in [6.07, 6.45) is 1.76. The van der Waals surface area contributed by atoms with Gasteiger partial charge in [-0.2, -0.15) is 10.4 Å². The third-order valence-corrected chi connectivity index (χ3v) is 4.13. The summed E-state index contributed by atoms with van der Waals surface area (Å²) in [5.41, 5.74) is 2.23. The summed E-state index contributed by atoms with van der Waals surface area (Å²) in [5, 5.41) is 21.8. The molecule has 0 N–H and O–H groups in total. The second kappa shape index (κ2) is 7.74. The number of nitriles is 1. The van der Waals surface area contributed by atoms with Crippen LogP contribution < -0.4 is 5.56 Å². The van der Waals surface area contributed by atoms with Gasteiger partial charge in [-0.3, -0.25) is 4.79 Å². The molecule has 0 spiro atoms. The molecule has 0 aliphatic rings. The van der Waals surface area contributed by atoms with Gasteiger partial charge in [0, 0.05) is 0 Å². The summed E-state index contributed by atoms with van der Waals surface area (Å²) in [7, 11) is 0. The van der Waals surface area contributed by atoms with Crippen LogP contribution in [0.1, 0.15) is 48.0 Å². The van der Waals surface area contributed by atoms with Gasteiger partial charge in [-0.25, -0.2) is 4.68 Å². The quantitative estimate of drug-likeness (QED) is 0.677. The molecule has 2 heterocycles. The van der Waals surface area contributed by atoms with Crippen molar-refractivity contribution in [2.24, 2.45) is 0 Å². The number of nitrogens with zero attached hydrogens (tertiary/aromatic N) is 5. The SMILES string of the molecule is CCc1nn(Cc2nnc(Cc3ccccc3)o2)c(=O)c(C#N)c1CC. The minimum absolute atomic E-state index is 0.0479. The lowest BCUT2D eigenvalue weighted by Gasteiger charge is -2.10. The zero-order valence-corrected chi connectivity index (χ0v) is 14.8. The summed E-state index contributed by atoms with van der Waals surface area (Å²) in [4.78, 5) is 12.5. The number of aromatic nitrogens is 4. The Kier molecular flexibility index (Phi) is 5.23. The van der Waals surface area contributed by atoms with E-state index in [0.717, 1.165) is 11.3 Å². The summed E-state index contributed by atoms with van der Waals surface area (Å²) in [5.74, 6) is 0.765. The van der Waals surface area contributed by atoms with Crippen LogP contribution in [0.5, 0.6) is 0 Å². The number of aryl methyl sites for hydroxylation is 1. The largest absolute Gasteiger partial charge is 0.423 e. The van der Waals surface area contributed by atoms with Crippen LogP contribution in [-0.2, 0) is 25.8 Å². The first-order valence-corrected chi connectivity index (χ1v) is 8.54. The molecule has 3 rings (SSSR count). The third-order valence-electron chi connectivity index (χ3n) is 4.13. The molecule has 3 aromatic rings. The minimum atomic E-state index is -0.427. The molecule has 7 heteroatoms. The van der Waals surface area contributed by atoms with Crippen molar-refractivity contribution in [1.29, 1.82) is 5.26 Å². The van der Waals surface area contributed by atoms with Gasteiger partial charge < -0.3 is 4.42 Å². The molecule has 0 unspecified atom stereocenters. The Morgan fingerprint density at radius 3 is 2.50 bits per heavy atom. The zero-order valence-electron chi connectivity index (χ0n) is 14.8. The first-order chi connectivity index (χ1) is 12.7. The second-order valence-corrected chi connectivity index (χ2v) is 5.83. The Labute approximate surface area is 150 Å². The highest BCUT2D eigenvalue weighted by molar-refractivity contribution is 5.38. The van der Waals surface area contributed by atoms with Crippen molar-refractivity contribution in [1.82, 2.24) is 20.0 Å². The van der Waals surface area contributed by atoms with Gasteiger partial charge in [0.25, 0.3) is 5.56 Å². The summed E-state index contributed by atoms with van der Waals surface area (Å²) >= 11 is 0. The van der Waals surface area contributed by atoms with E-state index in [1.54, 1.807) is 0 Å². The van der Waals surface area contributed by atoms with Gasteiger partial charge in [0.2, 0.25) is 11.8 Å². The molecule has 26 heavy (non-hydrogen) atoms. The van der Waals surface area contributed by atoms with Crippen LogP contribution in [-0.4, -0.2) is 20.0 Å². The minimum Gasteiger partial charge on any atom is -0.423 e. The van der Waals surface area contributed by atoms with E-state index in [9.17, 15) is 10.1 Å². The van der Waals surface area contributed by atoms with Crippen molar-refractivity contribution in [3.63, 3.8) is 0 Å². The molecule has 0 atom stereocenters. The number of rotatable bonds is 6. The van der Waals surface area contributed by atoms with E-state index in [2.05, 4.69) is 15.3 Å². The molecule has 0 aliphatic carbocycles. The second-order valence-electron chi connectivity index (χ2n) is 5.83. The van der Waals surface area contributed by atoms with Gasteiger partial charge in [0.05, 0.1) is 12.1 Å². The van der Waals surface area contributed by atoms with Gasteiger partial charge in [-0.05, 0) is 24.0 Å². The molecule has 0 saturated heterocycles. The average molecular weight is 349 g/mol. The third kappa shape index (κ3) is 3.54. The molecule has 0 amide bonds. The Hall–Kier alpha value is -3.27. The lowest BCUT2D eigenvalue weighted by molar-refractivity contribution is 0.428. The van der Waals surface area contributed by atoms with Gasteiger partial charge >= 0.3 is 0 Å². The molecule has 7 nitrogen and oxygen atoms in total. The lowest BCUT2D eigenvalue weighted by Crippen LogP contribution is -2.29. The van der Waals surface area contributed by atoms with Crippen LogP contribution in [0.4, 0.5) is 0 Å². The van der Waals surface area contributed by atoms with Gasteiger partial charge in [-0.1, -0.05) is 44.2 Å². The van der Waals surface area contributed by atoms with E-state index >= 15 is 0 Å². The predicted molar refractivity (Wildman–Crippen MR) is 94.6 cm³/mol. The highest BCUT2D eigenvalue weighted by Crippen LogP contribution is 2.12. The maximum absolute atomic E-state index is 12.5. The van der Waals surface area contributed by atoms with Gasteiger partial charge in [-0.15, -0.1) is 10.2 Å². The van der Waals surface area contributed by atoms with Crippen LogP contribution in [0.15, 0.2) is 39.5 Å². The van der Waals surface area contributed by atoms with E-state index in [-0.39, 0.29) is 12.1 Å². The topological polar surface area (TPSA) is 97.6 Å². The van der Waals surface area contributed by atoms with Crippen molar-refractivity contribution in [3.05, 3.63) is 74.9 Å². The Bertz CT molecular complexity index is 999. The highest BCUT2D eigenvalue weighted by Gasteiger charge is 2.17. The maximum atomic E-state index is 12.5. The first-order valence-electron chi connectivity index (χ1n) is 8.54. The molecule has 0 radical (unpaired) electrons. The fourth-order valence-electron chi connectivity index (χ4n) is 2.86. The molecule has 0 bridgehead atoms. The van der Waals surface area contributed by atoms with E-state index in [1.165, 1.54) is 4.68 Å². The van der Waals surface area contributed by atoms with Crippen molar-refractivity contribution >= 4 is 0 Å². The molecule has 2 aromatic heterocycles. The van der Waals surface area contributed by atoms with Crippen LogP contribution >= 0.6 is 0 Å². The average Bonchev–Trinajstić information content (AvgIpc) is 3.10. The van der Waals surface area contributed by atoms with E-state index in [0.29, 0.717) is 36.6 Å². The van der Waals surface area contributed by atoms with Crippen molar-refractivity contribution in [2.45, 2.75) is 39.7 Å². The zero-order chi connectivity index (χ0) is 18.5. The summed E-state index contributed by atoms with van der Waals surface area (Å²) in [6.45, 7) is 3.91. The standard InChI is InChI=1S/C19H19N5O2/c1-3-14-15(11-20)19(25)24(23-16(14)4-2)12-18-22-21-17(26-18)10-13-8-6-5-7-9-13/h5-9H,3-4,10,12H2,1-2H3. The van der Waals surface area contributed by atoms with Gasteiger partial charge in [0.1, 0.15) is 18.2 Å². The Balaban J connectivity index is 1.88. The van der Waals surface area contributed by atoms with Crippen molar-refractivity contribution in [3.8, 4) is 6.07 Å². The molecule has 132 valence electrons. The first kappa shape index (κ1) is 17.5. The summed E-state index contributed by atoms with van der Waals surface area (Å²) in [6, 6.07) is 11.8. The van der Waals surface area contributed by atoms with Crippen LogP contribution in [0, 0.1) is 11.3 Å². The molecular formula is C19H19N5O2. The van der Waals surface area contributed by atoms with Crippen LogP contribution in [0.3, 0.4) is 0 Å². The highest BCUT2D eigenvalue weighted by atomic mass is 16.4. The number of hydrogen-bond donors (Lipinski definition) is 0. The molecule has 0 aliphatic heterocycles. The molecule has 0 fully saturated rings. The fraction of sp³-hybridized carbons (Fsp3) is 0.316. The van der Waals surface area contributed by atoms with Crippen molar-refractivity contribution in [2.75, 3.05) is 0 Å². The lowest BCUT2D eigenvalue weighted by atomic mass is 10.0. The van der Waals surface area contributed by atoms with Crippen LogP contribution in [0.2, 0.25) is 0 Å². The predicted octanol–water partition coefficient (Wildman–Crippen LogP) is 2.26. The van der Waals surface area contributed by atoms with E-state index in [1.807, 2.05) is 50.2 Å².